The number of fused-ring (bicyclic) bond motifs is 1. The third kappa shape index (κ3) is 4.40. The summed E-state index contributed by atoms with van der Waals surface area (Å²) in [6, 6.07) is 4.24. The van der Waals surface area contributed by atoms with Crippen LogP contribution in [0, 0.1) is 13.8 Å². The topological polar surface area (TPSA) is 45.2 Å². The Balaban J connectivity index is 1.55. The van der Waals surface area contributed by atoms with E-state index in [2.05, 4.69) is 37.4 Å². The van der Waals surface area contributed by atoms with E-state index in [0.29, 0.717) is 6.54 Å². The summed E-state index contributed by atoms with van der Waals surface area (Å²) in [6.07, 6.45) is 8.31. The zero-order valence-electron chi connectivity index (χ0n) is 15.4. The predicted octanol–water partition coefficient (Wildman–Crippen LogP) is 4.36. The van der Waals surface area contributed by atoms with Gasteiger partial charge in [0, 0.05) is 13.6 Å². The molecule has 4 nitrogen and oxygen atoms in total. The van der Waals surface area contributed by atoms with Gasteiger partial charge in [0.1, 0.15) is 0 Å². The molecule has 0 aliphatic heterocycles. The number of nitrogens with one attached hydrogen (secondary N) is 1. The van der Waals surface area contributed by atoms with E-state index in [-0.39, 0.29) is 5.91 Å². The van der Waals surface area contributed by atoms with Crippen LogP contribution in [0.1, 0.15) is 43.2 Å². The van der Waals surface area contributed by atoms with Gasteiger partial charge in [0.05, 0.1) is 16.8 Å². The van der Waals surface area contributed by atoms with Crippen LogP contribution in [0.3, 0.4) is 0 Å². The molecular weight excluding hydrogens is 330 g/mol. The minimum Gasteiger partial charge on any atom is -0.354 e. The van der Waals surface area contributed by atoms with Crippen LogP contribution >= 0.6 is 11.3 Å². The van der Waals surface area contributed by atoms with Gasteiger partial charge in [0.25, 0.3) is 0 Å². The van der Waals surface area contributed by atoms with Crippen LogP contribution in [-0.2, 0) is 4.79 Å². The van der Waals surface area contributed by atoms with Gasteiger partial charge in [0.15, 0.2) is 5.13 Å². The number of thiazole rings is 1. The van der Waals surface area contributed by atoms with Gasteiger partial charge in [0.2, 0.25) is 5.91 Å². The molecule has 0 atom stereocenters. The van der Waals surface area contributed by atoms with Crippen LogP contribution < -0.4 is 10.2 Å². The molecule has 0 saturated carbocycles. The molecule has 1 amide bonds. The van der Waals surface area contributed by atoms with E-state index in [1.807, 2.05) is 11.9 Å². The Morgan fingerprint density at radius 2 is 2.08 bits per heavy atom. The number of carbonyl (C=O) groups excluding carboxylic acids is 1. The van der Waals surface area contributed by atoms with Crippen molar-refractivity contribution < 1.29 is 4.79 Å². The number of carbonyl (C=O) groups is 1. The molecule has 1 N–H and O–H groups in total. The highest BCUT2D eigenvalue weighted by Gasteiger charge is 2.14. The largest absolute Gasteiger partial charge is 0.354 e. The van der Waals surface area contributed by atoms with E-state index < -0.39 is 0 Å². The molecule has 1 aliphatic carbocycles. The van der Waals surface area contributed by atoms with Gasteiger partial charge in [-0.15, -0.1) is 0 Å². The third-order valence-corrected chi connectivity index (χ3v) is 6.10. The second-order valence-electron chi connectivity index (χ2n) is 6.94. The highest BCUT2D eigenvalue weighted by molar-refractivity contribution is 7.22. The standard InChI is InChI=1S/C20H27N3OS/c1-14-9-10-15(2)19-18(14)22-20(25-19)23(3)13-17(24)21-12-11-16-7-5-4-6-8-16/h7,9-10H,4-6,8,11-13H2,1-3H3,(H,21,24). The number of hydrogen-bond donors (Lipinski definition) is 1. The first kappa shape index (κ1) is 17.9. The van der Waals surface area contributed by atoms with E-state index in [0.717, 1.165) is 23.6 Å². The van der Waals surface area contributed by atoms with Crippen molar-refractivity contribution >= 4 is 32.6 Å². The van der Waals surface area contributed by atoms with E-state index in [9.17, 15) is 4.79 Å². The van der Waals surface area contributed by atoms with Crippen LogP contribution in [0.25, 0.3) is 10.2 Å². The molecule has 134 valence electrons. The van der Waals surface area contributed by atoms with Crippen molar-refractivity contribution in [2.45, 2.75) is 46.0 Å². The van der Waals surface area contributed by atoms with Crippen molar-refractivity contribution in [1.82, 2.24) is 10.3 Å². The molecule has 0 spiro atoms. The van der Waals surface area contributed by atoms with Crippen LogP contribution in [0.5, 0.6) is 0 Å². The minimum absolute atomic E-state index is 0.0617. The Morgan fingerprint density at radius 3 is 2.80 bits per heavy atom. The van der Waals surface area contributed by atoms with Crippen molar-refractivity contribution in [3.8, 4) is 0 Å². The molecule has 2 aromatic rings. The first-order valence-corrected chi connectivity index (χ1v) is 9.88. The Bertz CT molecular complexity index is 755. The summed E-state index contributed by atoms with van der Waals surface area (Å²) in [5.74, 6) is 0.0617. The maximum absolute atomic E-state index is 12.2. The number of benzene rings is 1. The fourth-order valence-corrected chi connectivity index (χ4v) is 4.32. The zero-order valence-corrected chi connectivity index (χ0v) is 16.2. The summed E-state index contributed by atoms with van der Waals surface area (Å²) in [5, 5.41) is 3.94. The maximum atomic E-state index is 12.2. The van der Waals surface area contributed by atoms with Gasteiger partial charge in [-0.05, 0) is 57.1 Å². The highest BCUT2D eigenvalue weighted by Crippen LogP contribution is 2.32. The molecular formula is C20H27N3OS. The molecule has 5 heteroatoms. The molecule has 0 fully saturated rings. The van der Waals surface area contributed by atoms with Gasteiger partial charge >= 0.3 is 0 Å². The summed E-state index contributed by atoms with van der Waals surface area (Å²) in [4.78, 5) is 18.9. The molecule has 1 aromatic heterocycles. The van der Waals surface area contributed by atoms with Crippen molar-refractivity contribution in [2.24, 2.45) is 0 Å². The number of amides is 1. The lowest BCUT2D eigenvalue weighted by molar-refractivity contribution is -0.119. The number of allylic oxidation sites excluding steroid dienone is 1. The van der Waals surface area contributed by atoms with E-state index in [4.69, 9.17) is 4.98 Å². The summed E-state index contributed by atoms with van der Waals surface area (Å²) < 4.78 is 1.21. The summed E-state index contributed by atoms with van der Waals surface area (Å²) >= 11 is 1.66. The van der Waals surface area contributed by atoms with Crippen LogP contribution in [0.2, 0.25) is 0 Å². The second kappa shape index (κ2) is 8.00. The van der Waals surface area contributed by atoms with Crippen LogP contribution in [0.15, 0.2) is 23.8 Å². The molecule has 3 rings (SSSR count). The number of anilines is 1. The maximum Gasteiger partial charge on any atom is 0.239 e. The van der Waals surface area contributed by atoms with Gasteiger partial charge in [-0.25, -0.2) is 4.98 Å². The number of likely N-dealkylation sites (N-methyl/N-ethyl adjacent to an activating group) is 1. The zero-order chi connectivity index (χ0) is 17.8. The lowest BCUT2D eigenvalue weighted by Crippen LogP contribution is -2.35. The smallest absolute Gasteiger partial charge is 0.239 e. The molecule has 0 saturated heterocycles. The lowest BCUT2D eigenvalue weighted by atomic mass is 9.97. The van der Waals surface area contributed by atoms with Crippen molar-refractivity contribution in [3.05, 3.63) is 34.9 Å². The normalized spacial score (nSPS) is 14.4. The number of aromatic nitrogens is 1. The molecule has 1 heterocycles. The first-order valence-electron chi connectivity index (χ1n) is 9.07. The van der Waals surface area contributed by atoms with Crippen molar-refractivity contribution in [2.75, 3.05) is 25.0 Å². The highest BCUT2D eigenvalue weighted by atomic mass is 32.1. The first-order chi connectivity index (χ1) is 12.0. The molecule has 1 aromatic carbocycles. The quantitative estimate of drug-likeness (QED) is 0.782. The number of nitrogens with zero attached hydrogens (tertiary/aromatic N) is 2. The molecule has 0 unspecified atom stereocenters. The Morgan fingerprint density at radius 1 is 1.28 bits per heavy atom. The molecule has 25 heavy (non-hydrogen) atoms. The fraction of sp³-hybridized carbons (Fsp3) is 0.500. The van der Waals surface area contributed by atoms with Crippen molar-refractivity contribution in [1.29, 1.82) is 0 Å². The Labute approximate surface area is 153 Å². The van der Waals surface area contributed by atoms with E-state index in [1.54, 1.807) is 11.3 Å². The van der Waals surface area contributed by atoms with E-state index >= 15 is 0 Å². The van der Waals surface area contributed by atoms with E-state index in [1.165, 1.54) is 47.1 Å². The Kier molecular flexibility index (Phi) is 5.74. The van der Waals surface area contributed by atoms with Crippen LogP contribution in [-0.4, -0.2) is 31.0 Å². The van der Waals surface area contributed by atoms with Gasteiger partial charge in [-0.2, -0.15) is 0 Å². The summed E-state index contributed by atoms with van der Waals surface area (Å²) in [5.41, 5.74) is 4.97. The van der Waals surface area contributed by atoms with Gasteiger partial charge in [-0.1, -0.05) is 35.1 Å². The predicted molar refractivity (Wildman–Crippen MR) is 107 cm³/mol. The van der Waals surface area contributed by atoms with Crippen LogP contribution in [0.4, 0.5) is 5.13 Å². The molecule has 0 bridgehead atoms. The van der Waals surface area contributed by atoms with Crippen molar-refractivity contribution in [3.63, 3.8) is 0 Å². The van der Waals surface area contributed by atoms with Gasteiger partial charge < -0.3 is 10.2 Å². The van der Waals surface area contributed by atoms with Gasteiger partial charge in [-0.3, -0.25) is 4.79 Å². The molecule has 1 aliphatic rings. The SMILES string of the molecule is Cc1ccc(C)c2sc(N(C)CC(=O)NCCC3=CCCCC3)nc12. The summed E-state index contributed by atoms with van der Waals surface area (Å²) in [6.45, 7) is 5.27. The second-order valence-corrected chi connectivity index (χ2v) is 7.92. The number of rotatable bonds is 6. The number of hydrogen-bond acceptors (Lipinski definition) is 4. The summed E-state index contributed by atoms with van der Waals surface area (Å²) in [7, 11) is 1.94. The average molecular weight is 358 g/mol. The molecule has 0 radical (unpaired) electrons. The fourth-order valence-electron chi connectivity index (χ4n) is 3.24. The minimum atomic E-state index is 0.0617. The third-order valence-electron chi connectivity index (χ3n) is 4.79. The number of aryl methyl sites for hydroxylation is 2. The monoisotopic (exact) mass is 357 g/mol. The Hall–Kier alpha value is -1.88. The lowest BCUT2D eigenvalue weighted by Gasteiger charge is -2.16. The average Bonchev–Trinajstić information content (AvgIpc) is 3.06.